The van der Waals surface area contributed by atoms with Crippen LogP contribution in [-0.4, -0.2) is 36.0 Å². The van der Waals surface area contributed by atoms with Crippen LogP contribution in [0.5, 0.6) is 0 Å². The van der Waals surface area contributed by atoms with E-state index in [2.05, 4.69) is 61.1 Å². The van der Waals surface area contributed by atoms with Crippen molar-refractivity contribution in [3.8, 4) is 0 Å². The molecule has 0 unspecified atom stereocenters. The van der Waals surface area contributed by atoms with Crippen molar-refractivity contribution in [3.05, 3.63) is 0 Å². The van der Waals surface area contributed by atoms with Gasteiger partial charge in [-0.15, -0.1) is 0 Å². The lowest BCUT2D eigenvalue weighted by Gasteiger charge is -2.22. The largest absolute Gasteiger partial charge is 0.303 e. The second-order valence-corrected chi connectivity index (χ2v) is 8.46. The minimum atomic E-state index is 0.532. The molecular weight excluding hydrogens is 258 g/mol. The van der Waals surface area contributed by atoms with Crippen molar-refractivity contribution in [1.29, 1.82) is 0 Å². The van der Waals surface area contributed by atoms with Crippen LogP contribution in [0.4, 0.5) is 0 Å². The Morgan fingerprint density at radius 3 is 1.89 bits per heavy atom. The monoisotopic (exact) mass is 291 g/mol. The van der Waals surface area contributed by atoms with Crippen LogP contribution in [0.25, 0.3) is 0 Å². The van der Waals surface area contributed by atoms with Crippen molar-refractivity contribution in [1.82, 2.24) is 4.90 Å². The van der Waals surface area contributed by atoms with Crippen molar-refractivity contribution in [2.75, 3.05) is 31.1 Å². The molecule has 0 saturated carbocycles. The quantitative estimate of drug-likeness (QED) is 0.354. The summed E-state index contributed by atoms with van der Waals surface area (Å²) in [4.78, 5) is 2.60. The molecule has 0 rings (SSSR count). The molecule has 0 aliphatic rings. The van der Waals surface area contributed by atoms with Crippen LogP contribution in [0.1, 0.15) is 60.3 Å². The Hall–Kier alpha value is 0.660. The zero-order chi connectivity index (χ0) is 13.9. The van der Waals surface area contributed by atoms with Crippen LogP contribution in [0, 0.1) is 5.41 Å². The lowest BCUT2D eigenvalue weighted by molar-refractivity contribution is 0.292. The summed E-state index contributed by atoms with van der Waals surface area (Å²) in [6.45, 7) is 15.4. The molecule has 3 heteroatoms. The summed E-state index contributed by atoms with van der Waals surface area (Å²) in [7, 11) is 4.12. The Morgan fingerprint density at radius 2 is 1.39 bits per heavy atom. The van der Waals surface area contributed by atoms with Crippen LogP contribution >= 0.6 is 21.6 Å². The third kappa shape index (κ3) is 10.6. The molecular formula is C15H33NS2. The van der Waals surface area contributed by atoms with Crippen LogP contribution in [0.15, 0.2) is 0 Å². The molecule has 0 saturated heterocycles. The Bertz CT molecular complexity index is 177. The van der Waals surface area contributed by atoms with Crippen molar-refractivity contribution in [2.24, 2.45) is 5.41 Å². The summed E-state index contributed by atoms with van der Waals surface area (Å²) in [6.07, 6.45) is 5.19. The van der Waals surface area contributed by atoms with E-state index in [0.717, 1.165) is 0 Å². The van der Waals surface area contributed by atoms with Gasteiger partial charge in [-0.3, -0.25) is 0 Å². The first kappa shape index (κ1) is 18.7. The normalized spacial score (nSPS) is 12.3. The lowest BCUT2D eigenvalue weighted by Crippen LogP contribution is -2.27. The van der Waals surface area contributed by atoms with Gasteiger partial charge in [-0.05, 0) is 37.8 Å². The summed E-state index contributed by atoms with van der Waals surface area (Å²) in [6, 6.07) is 0. The molecule has 0 aromatic rings. The molecule has 0 heterocycles. The molecule has 0 aromatic heterocycles. The molecule has 0 spiro atoms. The average molecular weight is 292 g/mol. The maximum Gasteiger partial charge on any atom is 0.0165 e. The van der Waals surface area contributed by atoms with Gasteiger partial charge in [0.25, 0.3) is 0 Å². The predicted molar refractivity (Wildman–Crippen MR) is 90.6 cm³/mol. The van der Waals surface area contributed by atoms with Gasteiger partial charge in [0.15, 0.2) is 0 Å². The van der Waals surface area contributed by atoms with Gasteiger partial charge in [-0.1, -0.05) is 62.6 Å². The van der Waals surface area contributed by atoms with Gasteiger partial charge >= 0.3 is 0 Å². The lowest BCUT2D eigenvalue weighted by atomic mass is 9.87. The first-order valence-electron chi connectivity index (χ1n) is 7.52. The van der Waals surface area contributed by atoms with Gasteiger partial charge in [0, 0.05) is 18.1 Å². The Labute approximate surface area is 123 Å². The highest BCUT2D eigenvalue weighted by atomic mass is 33.1. The summed E-state index contributed by atoms with van der Waals surface area (Å²) in [5.41, 5.74) is 0.532. The average Bonchev–Trinajstić information content (AvgIpc) is 2.34. The number of nitrogens with zero attached hydrogens (tertiary/aromatic N) is 1. The molecule has 18 heavy (non-hydrogen) atoms. The first-order valence-corrected chi connectivity index (χ1v) is 10.0. The van der Waals surface area contributed by atoms with E-state index in [0.29, 0.717) is 5.41 Å². The number of rotatable bonds is 12. The number of hydrogen-bond acceptors (Lipinski definition) is 3. The minimum absolute atomic E-state index is 0.532. The fourth-order valence-electron chi connectivity index (χ4n) is 1.75. The van der Waals surface area contributed by atoms with Crippen LogP contribution in [-0.2, 0) is 0 Å². The third-order valence-corrected chi connectivity index (χ3v) is 5.86. The van der Waals surface area contributed by atoms with E-state index in [1.54, 1.807) is 0 Å². The molecule has 0 radical (unpaired) electrons. The molecule has 0 atom stereocenters. The second-order valence-electron chi connectivity index (χ2n) is 5.75. The predicted octanol–water partition coefficient (Wildman–Crippen LogP) is 5.32. The fraction of sp³-hybridized carbons (Fsp3) is 1.00. The van der Waals surface area contributed by atoms with Gasteiger partial charge in [0.2, 0.25) is 0 Å². The van der Waals surface area contributed by atoms with Crippen molar-refractivity contribution in [2.45, 2.75) is 60.3 Å². The highest BCUT2D eigenvalue weighted by Crippen LogP contribution is 2.30. The Morgan fingerprint density at radius 1 is 0.833 bits per heavy atom. The molecule has 0 fully saturated rings. The molecule has 0 aliphatic heterocycles. The first-order chi connectivity index (χ1) is 8.55. The second kappa shape index (κ2) is 11.5. The van der Waals surface area contributed by atoms with Gasteiger partial charge in [-0.2, -0.15) is 0 Å². The molecule has 0 aromatic carbocycles. The van der Waals surface area contributed by atoms with E-state index >= 15 is 0 Å². The van der Waals surface area contributed by atoms with E-state index in [-0.39, 0.29) is 0 Å². The van der Waals surface area contributed by atoms with Crippen LogP contribution in [0.2, 0.25) is 0 Å². The van der Waals surface area contributed by atoms with E-state index in [4.69, 9.17) is 0 Å². The molecule has 110 valence electrons. The zero-order valence-electron chi connectivity index (χ0n) is 13.1. The van der Waals surface area contributed by atoms with E-state index < -0.39 is 0 Å². The van der Waals surface area contributed by atoms with Gasteiger partial charge < -0.3 is 4.90 Å². The highest BCUT2D eigenvalue weighted by molar-refractivity contribution is 8.76. The minimum Gasteiger partial charge on any atom is -0.303 e. The SMILES string of the molecule is CCCN(CCC)CCSSCCC(C)(C)CC. The fourth-order valence-corrected chi connectivity index (χ4v) is 4.13. The summed E-state index contributed by atoms with van der Waals surface area (Å²) < 4.78 is 0. The molecule has 0 aliphatic carbocycles. The van der Waals surface area contributed by atoms with E-state index in [1.165, 1.54) is 56.8 Å². The van der Waals surface area contributed by atoms with Gasteiger partial charge in [0.05, 0.1) is 0 Å². The van der Waals surface area contributed by atoms with Crippen molar-refractivity contribution < 1.29 is 0 Å². The van der Waals surface area contributed by atoms with Crippen molar-refractivity contribution >= 4 is 21.6 Å². The van der Waals surface area contributed by atoms with Crippen LogP contribution < -0.4 is 0 Å². The smallest absolute Gasteiger partial charge is 0.0165 e. The molecule has 0 N–H and O–H groups in total. The summed E-state index contributed by atoms with van der Waals surface area (Å²) in [5, 5.41) is 0. The standard InChI is InChI=1S/C15H33NS2/c1-6-10-16(11-7-2)12-14-18-17-13-9-15(4,5)8-3/h6-14H2,1-5H3. The van der Waals surface area contributed by atoms with Crippen molar-refractivity contribution in [3.63, 3.8) is 0 Å². The van der Waals surface area contributed by atoms with E-state index in [9.17, 15) is 0 Å². The van der Waals surface area contributed by atoms with Gasteiger partial charge in [0.1, 0.15) is 0 Å². The van der Waals surface area contributed by atoms with E-state index in [1.807, 2.05) is 0 Å². The molecule has 0 bridgehead atoms. The van der Waals surface area contributed by atoms with Crippen LogP contribution in [0.3, 0.4) is 0 Å². The molecule has 1 nitrogen and oxygen atoms in total. The van der Waals surface area contributed by atoms with Gasteiger partial charge in [-0.25, -0.2) is 0 Å². The highest BCUT2D eigenvalue weighted by Gasteiger charge is 2.14. The third-order valence-electron chi connectivity index (χ3n) is 3.47. The summed E-state index contributed by atoms with van der Waals surface area (Å²) >= 11 is 0. The zero-order valence-corrected chi connectivity index (χ0v) is 14.8. The number of hydrogen-bond donors (Lipinski definition) is 0. The summed E-state index contributed by atoms with van der Waals surface area (Å²) in [5.74, 6) is 2.57. The topological polar surface area (TPSA) is 3.24 Å². The Kier molecular flexibility index (Phi) is 11.9. The maximum absolute atomic E-state index is 2.60. The maximum atomic E-state index is 2.60. The molecule has 0 amide bonds. The Balaban J connectivity index is 3.48.